The summed E-state index contributed by atoms with van der Waals surface area (Å²) in [5, 5.41) is 6.76. The van der Waals surface area contributed by atoms with Gasteiger partial charge in [-0.3, -0.25) is 4.98 Å². The van der Waals surface area contributed by atoms with Crippen LogP contribution in [0.1, 0.15) is 6.42 Å². The zero-order valence-electron chi connectivity index (χ0n) is 16.7. The Morgan fingerprint density at radius 2 is 2.03 bits per heavy atom. The van der Waals surface area contributed by atoms with Gasteiger partial charge >= 0.3 is 0 Å². The second kappa shape index (κ2) is 9.67. The average molecular weight is 463 g/mol. The summed E-state index contributed by atoms with van der Waals surface area (Å²) in [6.07, 6.45) is 5.60. The first-order chi connectivity index (χ1) is 15.0. The van der Waals surface area contributed by atoms with Gasteiger partial charge in [-0.15, -0.1) is 0 Å². The fourth-order valence-electron chi connectivity index (χ4n) is 3.39. The van der Waals surface area contributed by atoms with E-state index in [2.05, 4.69) is 30.2 Å². The number of rotatable bonds is 7. The van der Waals surface area contributed by atoms with Gasteiger partial charge in [0.15, 0.2) is 5.82 Å². The number of nitrogens with zero attached hydrogens (tertiary/aromatic N) is 3. The molecule has 1 aromatic heterocycles. The van der Waals surface area contributed by atoms with Crippen molar-refractivity contribution in [3.05, 3.63) is 65.6 Å². The third kappa shape index (κ3) is 5.17. The van der Waals surface area contributed by atoms with Crippen LogP contribution < -0.4 is 20.3 Å². The average Bonchev–Trinajstić information content (AvgIpc) is 3.26. The molecule has 0 amide bonds. The predicted molar refractivity (Wildman–Crippen MR) is 122 cm³/mol. The highest BCUT2D eigenvalue weighted by Crippen LogP contribution is 2.37. The molecular formula is C21H21ClF2N6S. The van der Waals surface area contributed by atoms with Crippen LogP contribution in [0.2, 0.25) is 5.02 Å². The van der Waals surface area contributed by atoms with Gasteiger partial charge in [0.1, 0.15) is 11.6 Å². The summed E-state index contributed by atoms with van der Waals surface area (Å²) in [6.45, 7) is 1.57. The van der Waals surface area contributed by atoms with Gasteiger partial charge < -0.3 is 20.3 Å². The van der Waals surface area contributed by atoms with E-state index in [-0.39, 0.29) is 5.82 Å². The molecule has 1 atom stereocenters. The van der Waals surface area contributed by atoms with Gasteiger partial charge in [0.05, 0.1) is 33.2 Å². The van der Waals surface area contributed by atoms with Gasteiger partial charge in [-0.05, 0) is 49.7 Å². The summed E-state index contributed by atoms with van der Waals surface area (Å²) in [4.78, 5) is 10.5. The summed E-state index contributed by atoms with van der Waals surface area (Å²) in [5.41, 5.74) is 1.79. The number of anilines is 4. The molecule has 1 aliphatic heterocycles. The van der Waals surface area contributed by atoms with Gasteiger partial charge in [0.2, 0.25) is 0 Å². The lowest BCUT2D eigenvalue weighted by Gasteiger charge is -2.23. The van der Waals surface area contributed by atoms with E-state index in [4.69, 9.17) is 11.6 Å². The van der Waals surface area contributed by atoms with Crippen molar-refractivity contribution in [3.63, 3.8) is 0 Å². The van der Waals surface area contributed by atoms with Crippen LogP contribution in [-0.4, -0.2) is 36.1 Å². The largest absolute Gasteiger partial charge is 0.368 e. The number of halogens is 3. The molecule has 31 heavy (non-hydrogen) atoms. The highest BCUT2D eigenvalue weighted by Gasteiger charge is 2.24. The maximum Gasteiger partial charge on any atom is 0.154 e. The molecule has 2 aromatic carbocycles. The first-order valence-corrected chi connectivity index (χ1v) is 10.9. The van der Waals surface area contributed by atoms with Gasteiger partial charge in [-0.2, -0.15) is 0 Å². The first kappa shape index (κ1) is 21.6. The maximum atomic E-state index is 14.7. The summed E-state index contributed by atoms with van der Waals surface area (Å²) >= 11 is 7.48. The third-order valence-corrected chi connectivity index (χ3v) is 6.17. The SMILES string of the molecule is CNC1CCN(c2cc(F)ccc2Nc2cc(F)c(SNc3cnccn3)cc2Cl)C1. The molecule has 1 saturated heterocycles. The minimum absolute atomic E-state index is 0.317. The van der Waals surface area contributed by atoms with Crippen LogP contribution in [0.3, 0.4) is 0 Å². The Balaban J connectivity index is 1.54. The van der Waals surface area contributed by atoms with Crippen LogP contribution in [-0.2, 0) is 0 Å². The van der Waals surface area contributed by atoms with E-state index in [1.807, 2.05) is 7.05 Å². The molecule has 0 spiro atoms. The Labute approximate surface area is 188 Å². The van der Waals surface area contributed by atoms with Crippen LogP contribution >= 0.6 is 23.5 Å². The lowest BCUT2D eigenvalue weighted by atomic mass is 10.2. The van der Waals surface area contributed by atoms with Gasteiger partial charge in [0.25, 0.3) is 0 Å². The quantitative estimate of drug-likeness (QED) is 0.424. The smallest absolute Gasteiger partial charge is 0.154 e. The van der Waals surface area contributed by atoms with Crippen LogP contribution in [0.4, 0.5) is 31.7 Å². The topological polar surface area (TPSA) is 65.1 Å². The highest BCUT2D eigenvalue weighted by molar-refractivity contribution is 8.00. The molecule has 0 saturated carbocycles. The van der Waals surface area contributed by atoms with Crippen LogP contribution in [0.5, 0.6) is 0 Å². The second-order valence-electron chi connectivity index (χ2n) is 7.06. The summed E-state index contributed by atoms with van der Waals surface area (Å²) in [5.74, 6) is -0.271. The maximum absolute atomic E-state index is 14.7. The monoisotopic (exact) mass is 462 g/mol. The molecule has 0 radical (unpaired) electrons. The Bertz CT molecular complexity index is 1060. The number of likely N-dealkylation sites (N-methyl/N-ethyl adjacent to an activating group) is 1. The fraction of sp³-hybridized carbons (Fsp3) is 0.238. The van der Waals surface area contributed by atoms with Crippen molar-refractivity contribution in [2.24, 2.45) is 0 Å². The van der Waals surface area contributed by atoms with Crippen molar-refractivity contribution >= 4 is 46.4 Å². The van der Waals surface area contributed by atoms with E-state index >= 15 is 0 Å². The molecule has 4 rings (SSSR count). The van der Waals surface area contributed by atoms with Crippen molar-refractivity contribution in [1.82, 2.24) is 15.3 Å². The fourth-order valence-corrected chi connectivity index (χ4v) is 4.32. The van der Waals surface area contributed by atoms with E-state index in [1.165, 1.54) is 30.5 Å². The second-order valence-corrected chi connectivity index (χ2v) is 8.32. The minimum atomic E-state index is -0.451. The molecule has 3 aromatic rings. The van der Waals surface area contributed by atoms with E-state index in [0.717, 1.165) is 37.1 Å². The molecule has 6 nitrogen and oxygen atoms in total. The van der Waals surface area contributed by atoms with E-state index in [1.54, 1.807) is 18.5 Å². The number of hydrogen-bond donors (Lipinski definition) is 3. The molecule has 2 heterocycles. The number of hydrogen-bond acceptors (Lipinski definition) is 7. The van der Waals surface area contributed by atoms with Gasteiger partial charge in [0, 0.05) is 37.6 Å². The van der Waals surface area contributed by atoms with Crippen molar-refractivity contribution in [3.8, 4) is 0 Å². The lowest BCUT2D eigenvalue weighted by molar-refractivity contribution is 0.603. The third-order valence-electron chi connectivity index (χ3n) is 5.02. The van der Waals surface area contributed by atoms with Crippen LogP contribution in [0.15, 0.2) is 53.8 Å². The first-order valence-electron chi connectivity index (χ1n) is 9.70. The summed E-state index contributed by atoms with van der Waals surface area (Å²) in [7, 11) is 1.92. The Hall–Kier alpha value is -2.62. The molecule has 1 fully saturated rings. The molecule has 3 N–H and O–H groups in total. The molecule has 162 valence electrons. The Morgan fingerprint density at radius 1 is 1.16 bits per heavy atom. The molecule has 1 unspecified atom stereocenters. The number of nitrogens with one attached hydrogen (secondary N) is 3. The van der Waals surface area contributed by atoms with Crippen LogP contribution in [0, 0.1) is 11.6 Å². The van der Waals surface area contributed by atoms with Gasteiger partial charge in [-0.1, -0.05) is 11.6 Å². The number of aromatic nitrogens is 2. The molecule has 0 bridgehead atoms. The van der Waals surface area contributed by atoms with Crippen molar-refractivity contribution < 1.29 is 8.78 Å². The van der Waals surface area contributed by atoms with Gasteiger partial charge in [-0.25, -0.2) is 13.8 Å². The minimum Gasteiger partial charge on any atom is -0.368 e. The Kier molecular flexibility index (Phi) is 6.74. The van der Waals surface area contributed by atoms with E-state index < -0.39 is 5.82 Å². The van der Waals surface area contributed by atoms with E-state index in [9.17, 15) is 8.78 Å². The van der Waals surface area contributed by atoms with Crippen LogP contribution in [0.25, 0.3) is 0 Å². The van der Waals surface area contributed by atoms with Crippen molar-refractivity contribution in [2.75, 3.05) is 35.1 Å². The zero-order valence-corrected chi connectivity index (χ0v) is 18.3. The van der Waals surface area contributed by atoms with E-state index in [0.29, 0.717) is 33.2 Å². The number of benzene rings is 2. The lowest BCUT2D eigenvalue weighted by Crippen LogP contribution is -2.29. The Morgan fingerprint density at radius 3 is 2.77 bits per heavy atom. The van der Waals surface area contributed by atoms with Crippen molar-refractivity contribution in [2.45, 2.75) is 17.4 Å². The molecule has 10 heteroatoms. The summed E-state index contributed by atoms with van der Waals surface area (Å²) < 4.78 is 31.6. The molecular weight excluding hydrogens is 442 g/mol. The molecule has 0 aliphatic carbocycles. The standard InChI is InChI=1S/C21H21ClF2N6S/c1-25-14-4-7-30(12-14)19-8-13(23)2-3-17(19)28-18-10-16(24)20(9-15(18)22)31-29-21-11-26-5-6-27-21/h2-3,5-6,8-11,14,25,28H,4,7,12H2,1H3,(H,27,29). The van der Waals surface area contributed by atoms with Crippen molar-refractivity contribution in [1.29, 1.82) is 0 Å². The highest BCUT2D eigenvalue weighted by atomic mass is 35.5. The summed E-state index contributed by atoms with van der Waals surface area (Å²) in [6, 6.07) is 7.70. The molecule has 1 aliphatic rings. The predicted octanol–water partition coefficient (Wildman–Crippen LogP) is 5.07. The zero-order chi connectivity index (χ0) is 21.8. The normalized spacial score (nSPS) is 15.9.